The van der Waals surface area contributed by atoms with Gasteiger partial charge >= 0.3 is 0 Å². The van der Waals surface area contributed by atoms with Gasteiger partial charge in [-0.25, -0.2) is 4.39 Å². The molecule has 1 N–H and O–H groups in total. The van der Waals surface area contributed by atoms with Crippen LogP contribution in [0.25, 0.3) is 0 Å². The first-order valence-corrected chi connectivity index (χ1v) is 7.22. The molecule has 2 rings (SSSR count). The molecule has 0 fully saturated rings. The van der Waals surface area contributed by atoms with Crippen LogP contribution in [0, 0.1) is 5.82 Å². The predicted molar refractivity (Wildman–Crippen MR) is 79.7 cm³/mol. The maximum Gasteiger partial charge on any atom is 0.129 e. The van der Waals surface area contributed by atoms with Gasteiger partial charge in [0.05, 0.1) is 0 Å². The van der Waals surface area contributed by atoms with Crippen molar-refractivity contribution < 1.29 is 4.39 Å². The van der Waals surface area contributed by atoms with Gasteiger partial charge in [0.25, 0.3) is 0 Å². The van der Waals surface area contributed by atoms with E-state index < -0.39 is 0 Å². The molecule has 0 radical (unpaired) electrons. The van der Waals surface area contributed by atoms with Crippen LogP contribution in [0.2, 0.25) is 0 Å². The molecule has 1 aromatic heterocycles. The number of aromatic nitrogens is 1. The fourth-order valence-corrected chi connectivity index (χ4v) is 2.42. The third-order valence-electron chi connectivity index (χ3n) is 3.15. The van der Waals surface area contributed by atoms with E-state index in [1.165, 1.54) is 11.6 Å². The lowest BCUT2D eigenvalue weighted by Crippen LogP contribution is -2.17. The fourth-order valence-electron chi connectivity index (χ4n) is 2.08. The van der Waals surface area contributed by atoms with Gasteiger partial charge in [0.2, 0.25) is 0 Å². The first kappa shape index (κ1) is 14.3. The molecule has 0 aliphatic heterocycles. The van der Waals surface area contributed by atoms with E-state index in [4.69, 9.17) is 0 Å². The van der Waals surface area contributed by atoms with E-state index in [0.29, 0.717) is 18.2 Å². The molecule has 1 unspecified atom stereocenters. The molecular weight excluding hydrogens is 307 g/mol. The molecule has 19 heavy (non-hydrogen) atoms. The summed E-state index contributed by atoms with van der Waals surface area (Å²) < 4.78 is 16.5. The van der Waals surface area contributed by atoms with Crippen molar-refractivity contribution in [3.63, 3.8) is 0 Å². The molecular formula is C15H18BrFN2. The molecule has 0 amide bonds. The minimum atomic E-state index is -0.177. The van der Waals surface area contributed by atoms with Gasteiger partial charge in [-0.15, -0.1) is 0 Å². The Morgan fingerprint density at radius 2 is 2.16 bits per heavy atom. The quantitative estimate of drug-likeness (QED) is 0.875. The van der Waals surface area contributed by atoms with Crippen LogP contribution in [0.4, 0.5) is 4.39 Å². The lowest BCUT2D eigenvalue weighted by atomic mass is 10.2. The van der Waals surface area contributed by atoms with Crippen molar-refractivity contribution in [1.29, 1.82) is 0 Å². The highest BCUT2D eigenvalue weighted by molar-refractivity contribution is 9.10. The SMILES string of the molecule is CCNC(C)c1ccn(Cc2ccc(Br)cc2F)c1. The van der Waals surface area contributed by atoms with Gasteiger partial charge in [0, 0.05) is 35.0 Å². The Labute approximate surface area is 121 Å². The first-order valence-electron chi connectivity index (χ1n) is 6.43. The van der Waals surface area contributed by atoms with Crippen molar-refractivity contribution in [2.75, 3.05) is 6.54 Å². The van der Waals surface area contributed by atoms with Crippen LogP contribution >= 0.6 is 15.9 Å². The first-order chi connectivity index (χ1) is 9.10. The lowest BCUT2D eigenvalue weighted by molar-refractivity contribution is 0.590. The second-order valence-corrected chi connectivity index (χ2v) is 5.55. The molecule has 0 aliphatic carbocycles. The van der Waals surface area contributed by atoms with Crippen LogP contribution in [0.5, 0.6) is 0 Å². The van der Waals surface area contributed by atoms with E-state index in [-0.39, 0.29) is 5.82 Å². The van der Waals surface area contributed by atoms with Crippen molar-refractivity contribution in [3.8, 4) is 0 Å². The summed E-state index contributed by atoms with van der Waals surface area (Å²) in [6, 6.07) is 7.57. The Morgan fingerprint density at radius 1 is 1.37 bits per heavy atom. The van der Waals surface area contributed by atoms with Gasteiger partial charge in [-0.05, 0) is 37.2 Å². The van der Waals surface area contributed by atoms with Crippen molar-refractivity contribution >= 4 is 15.9 Å². The molecule has 0 saturated carbocycles. The summed E-state index contributed by atoms with van der Waals surface area (Å²) in [6.07, 6.45) is 4.06. The zero-order chi connectivity index (χ0) is 13.8. The number of nitrogens with zero attached hydrogens (tertiary/aromatic N) is 1. The number of benzene rings is 1. The summed E-state index contributed by atoms with van der Waals surface area (Å²) in [5, 5.41) is 3.36. The number of hydrogen-bond donors (Lipinski definition) is 1. The van der Waals surface area contributed by atoms with Gasteiger partial charge in [0.15, 0.2) is 0 Å². The van der Waals surface area contributed by atoms with Gasteiger partial charge in [-0.2, -0.15) is 0 Å². The van der Waals surface area contributed by atoms with Crippen molar-refractivity contribution in [2.45, 2.75) is 26.4 Å². The molecule has 0 bridgehead atoms. The third kappa shape index (κ3) is 3.67. The van der Waals surface area contributed by atoms with Crippen LogP contribution in [0.15, 0.2) is 41.1 Å². The average Bonchev–Trinajstić information content (AvgIpc) is 2.82. The largest absolute Gasteiger partial charge is 0.349 e. The maximum absolute atomic E-state index is 13.8. The Kier molecular flexibility index (Phi) is 4.77. The maximum atomic E-state index is 13.8. The molecule has 102 valence electrons. The summed E-state index contributed by atoms with van der Waals surface area (Å²) in [6.45, 7) is 5.71. The fraction of sp³-hybridized carbons (Fsp3) is 0.333. The van der Waals surface area contributed by atoms with Gasteiger partial charge in [0.1, 0.15) is 5.82 Å². The number of hydrogen-bond acceptors (Lipinski definition) is 1. The number of halogens is 2. The van der Waals surface area contributed by atoms with Crippen LogP contribution in [0.3, 0.4) is 0 Å². The normalized spacial score (nSPS) is 12.6. The monoisotopic (exact) mass is 324 g/mol. The Morgan fingerprint density at radius 3 is 2.84 bits per heavy atom. The van der Waals surface area contributed by atoms with Gasteiger partial charge in [-0.3, -0.25) is 0 Å². The van der Waals surface area contributed by atoms with Gasteiger partial charge in [-0.1, -0.05) is 28.9 Å². The molecule has 2 aromatic rings. The second kappa shape index (κ2) is 6.35. The molecule has 4 heteroatoms. The minimum absolute atomic E-state index is 0.177. The van der Waals surface area contributed by atoms with E-state index >= 15 is 0 Å². The highest BCUT2D eigenvalue weighted by Crippen LogP contribution is 2.18. The van der Waals surface area contributed by atoms with E-state index in [9.17, 15) is 4.39 Å². The minimum Gasteiger partial charge on any atom is -0.349 e. The zero-order valence-corrected chi connectivity index (χ0v) is 12.7. The molecule has 0 saturated heterocycles. The van der Waals surface area contributed by atoms with E-state index in [1.807, 2.05) is 22.9 Å². The summed E-state index contributed by atoms with van der Waals surface area (Å²) in [5.74, 6) is -0.177. The second-order valence-electron chi connectivity index (χ2n) is 4.63. The molecule has 2 nitrogen and oxygen atoms in total. The molecule has 1 atom stereocenters. The highest BCUT2D eigenvalue weighted by Gasteiger charge is 2.07. The van der Waals surface area contributed by atoms with Crippen molar-refractivity contribution in [1.82, 2.24) is 9.88 Å². The summed E-state index contributed by atoms with van der Waals surface area (Å²) in [4.78, 5) is 0. The Balaban J connectivity index is 2.11. The number of rotatable bonds is 5. The summed E-state index contributed by atoms with van der Waals surface area (Å²) in [7, 11) is 0. The summed E-state index contributed by atoms with van der Waals surface area (Å²) in [5.41, 5.74) is 1.92. The molecule has 0 aliphatic rings. The molecule has 0 spiro atoms. The highest BCUT2D eigenvalue weighted by atomic mass is 79.9. The van der Waals surface area contributed by atoms with Gasteiger partial charge < -0.3 is 9.88 Å². The van der Waals surface area contributed by atoms with Crippen LogP contribution in [-0.2, 0) is 6.54 Å². The Bertz CT molecular complexity index is 551. The molecule has 1 aromatic carbocycles. The van der Waals surface area contributed by atoms with E-state index in [0.717, 1.165) is 11.0 Å². The predicted octanol–water partition coefficient (Wildman–Crippen LogP) is 4.11. The standard InChI is InChI=1S/C15H18BrFN2/c1-3-18-11(2)12-6-7-19(9-12)10-13-4-5-14(16)8-15(13)17/h4-9,11,18H,3,10H2,1-2H3. The third-order valence-corrected chi connectivity index (χ3v) is 3.64. The number of nitrogens with one attached hydrogen (secondary N) is 1. The smallest absolute Gasteiger partial charge is 0.129 e. The van der Waals surface area contributed by atoms with E-state index in [2.05, 4.69) is 47.4 Å². The topological polar surface area (TPSA) is 17.0 Å². The van der Waals surface area contributed by atoms with Crippen LogP contribution < -0.4 is 5.32 Å². The van der Waals surface area contributed by atoms with E-state index in [1.54, 1.807) is 0 Å². The molecule has 1 heterocycles. The Hall–Kier alpha value is -1.13. The van der Waals surface area contributed by atoms with Crippen LogP contribution in [-0.4, -0.2) is 11.1 Å². The summed E-state index contributed by atoms with van der Waals surface area (Å²) >= 11 is 3.27. The van der Waals surface area contributed by atoms with Crippen molar-refractivity contribution in [2.24, 2.45) is 0 Å². The average molecular weight is 325 g/mol. The van der Waals surface area contributed by atoms with Crippen LogP contribution in [0.1, 0.15) is 31.0 Å². The van der Waals surface area contributed by atoms with Crippen molar-refractivity contribution in [3.05, 3.63) is 58.1 Å². The zero-order valence-electron chi connectivity index (χ0n) is 11.2. The lowest BCUT2D eigenvalue weighted by Gasteiger charge is -2.10.